The molecule has 2 aromatic rings. The van der Waals surface area contributed by atoms with Crippen LogP contribution in [0.1, 0.15) is 11.1 Å². The van der Waals surface area contributed by atoms with Gasteiger partial charge in [0.1, 0.15) is 6.61 Å². The van der Waals surface area contributed by atoms with Gasteiger partial charge in [0.25, 0.3) is 0 Å². The fourth-order valence-electron chi connectivity index (χ4n) is 1.82. The van der Waals surface area contributed by atoms with Crippen LogP contribution in [0.25, 0.3) is 0 Å². The van der Waals surface area contributed by atoms with Gasteiger partial charge in [-0.15, -0.1) is 0 Å². The lowest BCUT2D eigenvalue weighted by Gasteiger charge is -2.09. The number of carbonyl (C=O) groups is 1. The number of aryl methyl sites for hydroxylation is 1. The quantitative estimate of drug-likeness (QED) is 0.832. The summed E-state index contributed by atoms with van der Waals surface area (Å²) in [6.45, 7) is 2.26. The first kappa shape index (κ1) is 15.4. The third-order valence-electron chi connectivity index (χ3n) is 2.90. The van der Waals surface area contributed by atoms with Gasteiger partial charge < -0.3 is 15.8 Å². The van der Waals surface area contributed by atoms with E-state index in [9.17, 15) is 4.79 Å². The van der Waals surface area contributed by atoms with Gasteiger partial charge in [-0.25, -0.2) is 0 Å². The van der Waals surface area contributed by atoms with E-state index < -0.39 is 0 Å². The summed E-state index contributed by atoms with van der Waals surface area (Å²) in [7, 11) is 0. The van der Waals surface area contributed by atoms with Crippen LogP contribution in [0, 0.1) is 6.92 Å². The number of nitrogens with one attached hydrogen (secondary N) is 1. The third kappa shape index (κ3) is 4.77. The molecule has 0 aliphatic heterocycles. The number of amides is 1. The first-order valence-corrected chi connectivity index (χ1v) is 6.90. The molecule has 3 N–H and O–H groups in total. The Labute approximate surface area is 128 Å². The lowest BCUT2D eigenvalue weighted by Crippen LogP contribution is -2.19. The van der Waals surface area contributed by atoms with Gasteiger partial charge in [0.15, 0.2) is 0 Å². The monoisotopic (exact) mass is 304 g/mol. The van der Waals surface area contributed by atoms with Gasteiger partial charge in [-0.05, 0) is 42.3 Å². The lowest BCUT2D eigenvalue weighted by atomic mass is 10.2. The minimum absolute atomic E-state index is 0.0318. The van der Waals surface area contributed by atoms with Gasteiger partial charge in [-0.1, -0.05) is 29.8 Å². The molecule has 0 saturated heterocycles. The number of nitrogen functional groups attached to an aromatic ring is 1. The van der Waals surface area contributed by atoms with Crippen molar-refractivity contribution in [1.29, 1.82) is 0 Å². The van der Waals surface area contributed by atoms with E-state index in [0.717, 1.165) is 11.1 Å². The van der Waals surface area contributed by atoms with E-state index >= 15 is 0 Å². The molecule has 21 heavy (non-hydrogen) atoms. The van der Waals surface area contributed by atoms with E-state index in [1.807, 2.05) is 31.2 Å². The number of rotatable bonds is 5. The highest BCUT2D eigenvalue weighted by atomic mass is 35.5. The Morgan fingerprint density at radius 2 is 1.95 bits per heavy atom. The standard InChI is InChI=1S/C16H17ClN2O2/c1-11-2-7-15(14(18)8-11)19-16(20)10-21-9-12-3-5-13(17)6-4-12/h2-8H,9-10,18H2,1H3,(H,19,20). The second-order valence-corrected chi connectivity index (χ2v) is 5.19. The molecular formula is C16H17ClN2O2. The first-order valence-electron chi connectivity index (χ1n) is 6.53. The number of benzene rings is 2. The Hall–Kier alpha value is -2.04. The molecule has 0 atom stereocenters. The summed E-state index contributed by atoms with van der Waals surface area (Å²) in [5.41, 5.74) is 8.98. The topological polar surface area (TPSA) is 64.3 Å². The first-order chi connectivity index (χ1) is 10.0. The summed E-state index contributed by atoms with van der Waals surface area (Å²) < 4.78 is 5.36. The smallest absolute Gasteiger partial charge is 0.250 e. The summed E-state index contributed by atoms with van der Waals surface area (Å²) in [5, 5.41) is 3.40. The maximum absolute atomic E-state index is 11.8. The zero-order chi connectivity index (χ0) is 15.2. The largest absolute Gasteiger partial charge is 0.397 e. The van der Waals surface area contributed by atoms with Gasteiger partial charge >= 0.3 is 0 Å². The van der Waals surface area contributed by atoms with Gasteiger partial charge in [-0.2, -0.15) is 0 Å². The Morgan fingerprint density at radius 3 is 2.62 bits per heavy atom. The number of halogens is 1. The Bertz CT molecular complexity index is 627. The Kier molecular flexibility index (Phi) is 5.20. The molecular weight excluding hydrogens is 288 g/mol. The maximum Gasteiger partial charge on any atom is 0.250 e. The van der Waals surface area contributed by atoms with Gasteiger partial charge in [0.05, 0.1) is 18.0 Å². The van der Waals surface area contributed by atoms with E-state index in [1.54, 1.807) is 18.2 Å². The van der Waals surface area contributed by atoms with E-state index in [-0.39, 0.29) is 12.5 Å². The van der Waals surface area contributed by atoms with Crippen LogP contribution < -0.4 is 11.1 Å². The minimum atomic E-state index is -0.237. The summed E-state index contributed by atoms with van der Waals surface area (Å²) >= 11 is 5.80. The van der Waals surface area contributed by atoms with Crippen LogP contribution in [0.5, 0.6) is 0 Å². The lowest BCUT2D eigenvalue weighted by molar-refractivity contribution is -0.121. The average molecular weight is 305 g/mol. The SMILES string of the molecule is Cc1ccc(NC(=O)COCc2ccc(Cl)cc2)c(N)c1. The molecule has 0 aliphatic rings. The van der Waals surface area contributed by atoms with Crippen molar-refractivity contribution >= 4 is 28.9 Å². The van der Waals surface area contributed by atoms with Gasteiger partial charge in [-0.3, -0.25) is 4.79 Å². The normalized spacial score (nSPS) is 10.4. The molecule has 0 aromatic heterocycles. The summed E-state index contributed by atoms with van der Waals surface area (Å²) in [4.78, 5) is 11.8. The molecule has 0 aliphatic carbocycles. The molecule has 0 bridgehead atoms. The number of ether oxygens (including phenoxy) is 1. The third-order valence-corrected chi connectivity index (χ3v) is 3.15. The highest BCUT2D eigenvalue weighted by molar-refractivity contribution is 6.30. The zero-order valence-corrected chi connectivity index (χ0v) is 12.5. The fourth-order valence-corrected chi connectivity index (χ4v) is 1.95. The highest BCUT2D eigenvalue weighted by Crippen LogP contribution is 2.19. The van der Waals surface area contributed by atoms with Crippen LogP contribution in [0.3, 0.4) is 0 Å². The fraction of sp³-hybridized carbons (Fsp3) is 0.188. The highest BCUT2D eigenvalue weighted by Gasteiger charge is 2.05. The number of carbonyl (C=O) groups excluding carboxylic acids is 1. The van der Waals surface area contributed by atoms with E-state index in [0.29, 0.717) is 23.0 Å². The number of nitrogens with two attached hydrogens (primary N) is 1. The average Bonchev–Trinajstić information content (AvgIpc) is 2.44. The van der Waals surface area contributed by atoms with Crippen molar-refractivity contribution in [1.82, 2.24) is 0 Å². The predicted octanol–water partition coefficient (Wildman–Crippen LogP) is 3.39. The molecule has 0 fully saturated rings. The van der Waals surface area contributed by atoms with Gasteiger partial charge in [0.2, 0.25) is 5.91 Å². The van der Waals surface area contributed by atoms with Crippen LogP contribution in [0.4, 0.5) is 11.4 Å². The molecule has 0 spiro atoms. The molecule has 1 amide bonds. The molecule has 0 unspecified atom stereocenters. The van der Waals surface area contributed by atoms with Crippen LogP contribution >= 0.6 is 11.6 Å². The minimum Gasteiger partial charge on any atom is -0.397 e. The van der Waals surface area contributed by atoms with E-state index in [2.05, 4.69) is 5.32 Å². The van der Waals surface area contributed by atoms with E-state index in [1.165, 1.54) is 0 Å². The second-order valence-electron chi connectivity index (χ2n) is 4.76. The maximum atomic E-state index is 11.8. The van der Waals surface area contributed by atoms with Crippen LogP contribution in [0.15, 0.2) is 42.5 Å². The van der Waals surface area contributed by atoms with Crippen LogP contribution in [-0.2, 0) is 16.1 Å². The predicted molar refractivity (Wildman–Crippen MR) is 85.3 cm³/mol. The van der Waals surface area contributed by atoms with Gasteiger partial charge in [0, 0.05) is 5.02 Å². The van der Waals surface area contributed by atoms with E-state index in [4.69, 9.17) is 22.1 Å². The molecule has 0 radical (unpaired) electrons. The second kappa shape index (κ2) is 7.11. The summed E-state index contributed by atoms with van der Waals surface area (Å²) in [6, 6.07) is 12.8. The summed E-state index contributed by atoms with van der Waals surface area (Å²) in [6.07, 6.45) is 0. The molecule has 4 nitrogen and oxygen atoms in total. The van der Waals surface area contributed by atoms with Crippen molar-refractivity contribution in [3.05, 3.63) is 58.6 Å². The van der Waals surface area contributed by atoms with Crippen molar-refractivity contribution < 1.29 is 9.53 Å². The van der Waals surface area contributed by atoms with Crippen molar-refractivity contribution in [3.8, 4) is 0 Å². The summed E-state index contributed by atoms with van der Waals surface area (Å²) in [5.74, 6) is -0.237. The van der Waals surface area contributed by atoms with Crippen molar-refractivity contribution in [2.24, 2.45) is 0 Å². The number of hydrogen-bond donors (Lipinski definition) is 2. The molecule has 5 heteroatoms. The van der Waals surface area contributed by atoms with Crippen molar-refractivity contribution in [3.63, 3.8) is 0 Å². The Balaban J connectivity index is 1.81. The number of hydrogen-bond acceptors (Lipinski definition) is 3. The van der Waals surface area contributed by atoms with Crippen LogP contribution in [0.2, 0.25) is 5.02 Å². The number of anilines is 2. The van der Waals surface area contributed by atoms with Crippen molar-refractivity contribution in [2.75, 3.05) is 17.7 Å². The molecule has 0 heterocycles. The Morgan fingerprint density at radius 1 is 1.24 bits per heavy atom. The van der Waals surface area contributed by atoms with Crippen molar-refractivity contribution in [2.45, 2.75) is 13.5 Å². The molecule has 110 valence electrons. The zero-order valence-electron chi connectivity index (χ0n) is 11.7. The molecule has 0 saturated carbocycles. The molecule has 2 aromatic carbocycles. The molecule has 2 rings (SSSR count). The van der Waals surface area contributed by atoms with Crippen LogP contribution in [-0.4, -0.2) is 12.5 Å².